The smallest absolute Gasteiger partial charge is 0.242 e. The zero-order valence-corrected chi connectivity index (χ0v) is 11.5. The van der Waals surface area contributed by atoms with Gasteiger partial charge in [0.05, 0.1) is 5.92 Å². The maximum atomic E-state index is 12.5. The van der Waals surface area contributed by atoms with Crippen LogP contribution >= 0.6 is 0 Å². The summed E-state index contributed by atoms with van der Waals surface area (Å²) in [7, 11) is 0. The van der Waals surface area contributed by atoms with Crippen molar-refractivity contribution in [1.29, 1.82) is 0 Å². The van der Waals surface area contributed by atoms with Crippen LogP contribution in [0.5, 0.6) is 0 Å². The van der Waals surface area contributed by atoms with E-state index in [1.54, 1.807) is 9.80 Å². The van der Waals surface area contributed by atoms with Crippen LogP contribution in [0.25, 0.3) is 0 Å². The monoisotopic (exact) mass is 267 g/mol. The van der Waals surface area contributed by atoms with E-state index in [-0.39, 0.29) is 36.1 Å². The van der Waals surface area contributed by atoms with Gasteiger partial charge < -0.3 is 15.1 Å². The summed E-state index contributed by atoms with van der Waals surface area (Å²) < 4.78 is 0. The molecule has 19 heavy (non-hydrogen) atoms. The van der Waals surface area contributed by atoms with Crippen LogP contribution in [0, 0.1) is 5.92 Å². The zero-order chi connectivity index (χ0) is 14.0. The van der Waals surface area contributed by atoms with E-state index in [2.05, 4.69) is 5.32 Å². The minimum atomic E-state index is -0.382. The molecule has 2 saturated heterocycles. The molecule has 0 saturated carbocycles. The van der Waals surface area contributed by atoms with Gasteiger partial charge in [0, 0.05) is 32.6 Å². The van der Waals surface area contributed by atoms with Gasteiger partial charge in [-0.05, 0) is 13.3 Å². The lowest BCUT2D eigenvalue weighted by atomic mass is 10.0. The second kappa shape index (κ2) is 5.59. The first-order chi connectivity index (χ1) is 9.08. The predicted octanol–water partition coefficient (Wildman–Crippen LogP) is -0.408. The van der Waals surface area contributed by atoms with Crippen LogP contribution < -0.4 is 5.32 Å². The fourth-order valence-corrected chi connectivity index (χ4v) is 2.86. The van der Waals surface area contributed by atoms with Crippen molar-refractivity contribution in [3.8, 4) is 0 Å². The molecule has 0 bridgehead atoms. The topological polar surface area (TPSA) is 69.7 Å². The lowest BCUT2D eigenvalue weighted by molar-refractivity contribution is -0.146. The number of nitrogens with one attached hydrogen (secondary N) is 1. The molecule has 0 aromatic heterocycles. The molecule has 2 heterocycles. The summed E-state index contributed by atoms with van der Waals surface area (Å²) >= 11 is 0. The standard InChI is InChI=1S/C13H21N3O3/c1-3-10-12(18)14-5-6-16(10)13(19)9-7-11(17)15(4-2)8-9/h9-10H,3-8H2,1-2H3,(H,14,18). The Morgan fingerprint density at radius 1 is 1.37 bits per heavy atom. The molecule has 2 aliphatic rings. The Morgan fingerprint density at radius 3 is 2.68 bits per heavy atom. The molecule has 6 nitrogen and oxygen atoms in total. The molecule has 2 atom stereocenters. The Bertz CT molecular complexity index is 397. The highest BCUT2D eigenvalue weighted by atomic mass is 16.2. The average Bonchev–Trinajstić information content (AvgIpc) is 2.78. The van der Waals surface area contributed by atoms with Crippen molar-refractivity contribution in [2.24, 2.45) is 5.92 Å². The number of carbonyl (C=O) groups is 3. The first-order valence-electron chi connectivity index (χ1n) is 6.94. The van der Waals surface area contributed by atoms with Gasteiger partial charge in [-0.25, -0.2) is 0 Å². The van der Waals surface area contributed by atoms with Crippen molar-refractivity contribution in [2.45, 2.75) is 32.7 Å². The molecule has 2 fully saturated rings. The van der Waals surface area contributed by atoms with Gasteiger partial charge in [-0.3, -0.25) is 14.4 Å². The summed E-state index contributed by atoms with van der Waals surface area (Å²) in [5, 5.41) is 2.78. The van der Waals surface area contributed by atoms with Crippen molar-refractivity contribution in [2.75, 3.05) is 26.2 Å². The van der Waals surface area contributed by atoms with E-state index >= 15 is 0 Å². The summed E-state index contributed by atoms with van der Waals surface area (Å²) in [6, 6.07) is -0.382. The second-order valence-electron chi connectivity index (χ2n) is 5.08. The molecular weight excluding hydrogens is 246 g/mol. The van der Waals surface area contributed by atoms with Crippen LogP contribution in [0.3, 0.4) is 0 Å². The third kappa shape index (κ3) is 2.57. The number of amides is 3. The highest BCUT2D eigenvalue weighted by Crippen LogP contribution is 2.22. The predicted molar refractivity (Wildman–Crippen MR) is 69.2 cm³/mol. The van der Waals surface area contributed by atoms with Gasteiger partial charge in [0.2, 0.25) is 17.7 Å². The van der Waals surface area contributed by atoms with E-state index in [0.717, 1.165) is 0 Å². The van der Waals surface area contributed by atoms with Gasteiger partial charge in [0.25, 0.3) is 0 Å². The Hall–Kier alpha value is -1.59. The van der Waals surface area contributed by atoms with Gasteiger partial charge in [-0.2, -0.15) is 0 Å². The largest absolute Gasteiger partial charge is 0.353 e. The average molecular weight is 267 g/mol. The maximum Gasteiger partial charge on any atom is 0.242 e. The second-order valence-corrected chi connectivity index (χ2v) is 5.08. The highest BCUT2D eigenvalue weighted by molar-refractivity contribution is 5.93. The zero-order valence-electron chi connectivity index (χ0n) is 11.5. The molecule has 2 rings (SSSR count). The molecule has 1 N–H and O–H groups in total. The maximum absolute atomic E-state index is 12.5. The molecular formula is C13H21N3O3. The Kier molecular flexibility index (Phi) is 4.07. The van der Waals surface area contributed by atoms with Gasteiger partial charge >= 0.3 is 0 Å². The molecule has 0 spiro atoms. The molecule has 106 valence electrons. The van der Waals surface area contributed by atoms with Crippen molar-refractivity contribution < 1.29 is 14.4 Å². The normalized spacial score (nSPS) is 27.7. The summed E-state index contributed by atoms with van der Waals surface area (Å²) in [5.41, 5.74) is 0. The summed E-state index contributed by atoms with van der Waals surface area (Å²) in [6.07, 6.45) is 0.886. The van der Waals surface area contributed by atoms with Crippen LogP contribution in [0.15, 0.2) is 0 Å². The first kappa shape index (κ1) is 13.8. The molecule has 0 aromatic rings. The summed E-state index contributed by atoms with van der Waals surface area (Å²) in [5.74, 6) is -0.382. The number of nitrogens with zero attached hydrogens (tertiary/aromatic N) is 2. The minimum Gasteiger partial charge on any atom is -0.353 e. The van der Waals surface area contributed by atoms with Crippen molar-refractivity contribution in [3.05, 3.63) is 0 Å². The fraction of sp³-hybridized carbons (Fsp3) is 0.769. The molecule has 2 aliphatic heterocycles. The quantitative estimate of drug-likeness (QED) is 0.756. The van der Waals surface area contributed by atoms with Gasteiger partial charge in [0.1, 0.15) is 6.04 Å². The molecule has 0 aliphatic carbocycles. The van der Waals surface area contributed by atoms with Crippen LogP contribution in [-0.4, -0.2) is 59.7 Å². The van der Waals surface area contributed by atoms with Crippen LogP contribution in [0.2, 0.25) is 0 Å². The van der Waals surface area contributed by atoms with E-state index < -0.39 is 0 Å². The SMILES string of the molecule is CCC1C(=O)NCCN1C(=O)C1CC(=O)N(CC)C1. The lowest BCUT2D eigenvalue weighted by Gasteiger charge is -2.36. The molecule has 3 amide bonds. The third-order valence-electron chi connectivity index (χ3n) is 3.95. The molecule has 2 unspecified atom stereocenters. The number of rotatable bonds is 3. The highest BCUT2D eigenvalue weighted by Gasteiger charge is 2.40. The van der Waals surface area contributed by atoms with Crippen molar-refractivity contribution in [3.63, 3.8) is 0 Å². The molecule has 0 radical (unpaired) electrons. The number of piperazine rings is 1. The number of hydrogen-bond acceptors (Lipinski definition) is 3. The van der Waals surface area contributed by atoms with E-state index in [9.17, 15) is 14.4 Å². The Morgan fingerprint density at radius 2 is 2.11 bits per heavy atom. The van der Waals surface area contributed by atoms with E-state index in [1.165, 1.54) is 0 Å². The van der Waals surface area contributed by atoms with Crippen LogP contribution in [0.1, 0.15) is 26.7 Å². The van der Waals surface area contributed by atoms with Crippen LogP contribution in [-0.2, 0) is 14.4 Å². The molecule has 0 aromatic carbocycles. The van der Waals surface area contributed by atoms with Crippen molar-refractivity contribution in [1.82, 2.24) is 15.1 Å². The number of carbonyl (C=O) groups excluding carboxylic acids is 3. The fourth-order valence-electron chi connectivity index (χ4n) is 2.86. The van der Waals surface area contributed by atoms with Gasteiger partial charge in [0.15, 0.2) is 0 Å². The van der Waals surface area contributed by atoms with Crippen LogP contribution in [0.4, 0.5) is 0 Å². The lowest BCUT2D eigenvalue weighted by Crippen LogP contribution is -2.58. The summed E-state index contributed by atoms with van der Waals surface area (Å²) in [6.45, 7) is 5.98. The first-order valence-corrected chi connectivity index (χ1v) is 6.94. The van der Waals surface area contributed by atoms with Crippen molar-refractivity contribution >= 4 is 17.7 Å². The Labute approximate surface area is 113 Å². The number of hydrogen-bond donors (Lipinski definition) is 1. The molecule has 6 heteroatoms. The van der Waals surface area contributed by atoms with Gasteiger partial charge in [-0.15, -0.1) is 0 Å². The van der Waals surface area contributed by atoms with E-state index in [1.807, 2.05) is 13.8 Å². The van der Waals surface area contributed by atoms with E-state index in [0.29, 0.717) is 32.6 Å². The summed E-state index contributed by atoms with van der Waals surface area (Å²) in [4.78, 5) is 39.3. The third-order valence-corrected chi connectivity index (χ3v) is 3.95. The van der Waals surface area contributed by atoms with E-state index in [4.69, 9.17) is 0 Å². The minimum absolute atomic E-state index is 0.0374. The Balaban J connectivity index is 2.07. The van der Waals surface area contributed by atoms with Gasteiger partial charge in [-0.1, -0.05) is 6.92 Å². The number of likely N-dealkylation sites (tertiary alicyclic amines) is 1.